The van der Waals surface area contributed by atoms with Gasteiger partial charge in [0.25, 0.3) is 5.56 Å². The van der Waals surface area contributed by atoms with E-state index in [9.17, 15) is 14.0 Å². The summed E-state index contributed by atoms with van der Waals surface area (Å²) in [6.07, 6.45) is 1.75. The second-order valence-electron chi connectivity index (χ2n) is 9.59. The third-order valence-corrected chi connectivity index (χ3v) is 7.84. The fourth-order valence-electron chi connectivity index (χ4n) is 4.82. The van der Waals surface area contributed by atoms with E-state index in [1.807, 2.05) is 19.1 Å². The Morgan fingerprint density at radius 2 is 1.79 bits per heavy atom. The van der Waals surface area contributed by atoms with Crippen LogP contribution in [0.2, 0.25) is 0 Å². The Bertz CT molecular complexity index is 1860. The first-order valence-electron chi connectivity index (χ1n) is 13.8. The van der Waals surface area contributed by atoms with Gasteiger partial charge in [0.15, 0.2) is 16.3 Å². The number of nitrogens with zero attached hydrogens (tertiary/aromatic N) is 2. The SMILES string of the molecule is CCOC(=O)C1=C(C)N=c2sc(=Cc3ccc(OCc4ccccc4F)c(OCC)c3)c(=O)n2C1c1ccc(OC)cc1. The van der Waals surface area contributed by atoms with Crippen molar-refractivity contribution < 1.29 is 28.1 Å². The first-order chi connectivity index (χ1) is 20.8. The molecule has 43 heavy (non-hydrogen) atoms. The molecule has 0 aliphatic carbocycles. The van der Waals surface area contributed by atoms with Crippen molar-refractivity contribution in [2.24, 2.45) is 4.99 Å². The van der Waals surface area contributed by atoms with E-state index < -0.39 is 12.0 Å². The molecular formula is C33H31FN2O6S. The third-order valence-electron chi connectivity index (χ3n) is 6.85. The minimum atomic E-state index is -0.725. The normalized spacial score (nSPS) is 14.6. The first-order valence-corrected chi connectivity index (χ1v) is 14.6. The highest BCUT2D eigenvalue weighted by molar-refractivity contribution is 7.07. The van der Waals surface area contributed by atoms with Crippen molar-refractivity contribution in [2.75, 3.05) is 20.3 Å². The molecule has 1 aromatic heterocycles. The van der Waals surface area contributed by atoms with E-state index in [0.717, 1.165) is 5.56 Å². The molecule has 8 nitrogen and oxygen atoms in total. The average molecular weight is 603 g/mol. The maximum Gasteiger partial charge on any atom is 0.338 e. The maximum atomic E-state index is 14.1. The van der Waals surface area contributed by atoms with Crippen LogP contribution >= 0.6 is 11.3 Å². The predicted molar refractivity (Wildman–Crippen MR) is 162 cm³/mol. The van der Waals surface area contributed by atoms with Crippen LogP contribution < -0.4 is 29.1 Å². The minimum Gasteiger partial charge on any atom is -0.497 e. The van der Waals surface area contributed by atoms with Gasteiger partial charge in [-0.2, -0.15) is 0 Å². The van der Waals surface area contributed by atoms with Crippen LogP contribution in [0.4, 0.5) is 4.39 Å². The number of aromatic nitrogens is 1. The number of carbonyl (C=O) groups excluding carboxylic acids is 1. The Hall–Kier alpha value is -4.70. The number of ether oxygens (including phenoxy) is 4. The Morgan fingerprint density at radius 1 is 1.02 bits per heavy atom. The molecule has 5 rings (SSSR count). The molecule has 1 unspecified atom stereocenters. The molecule has 222 valence electrons. The molecule has 0 fully saturated rings. The van der Waals surface area contributed by atoms with Gasteiger partial charge in [0, 0.05) is 5.56 Å². The van der Waals surface area contributed by atoms with E-state index in [2.05, 4.69) is 4.99 Å². The largest absolute Gasteiger partial charge is 0.497 e. The quantitative estimate of drug-likeness (QED) is 0.240. The molecule has 4 aromatic rings. The van der Waals surface area contributed by atoms with E-state index in [1.165, 1.54) is 22.0 Å². The number of hydrogen-bond acceptors (Lipinski definition) is 8. The van der Waals surface area contributed by atoms with Gasteiger partial charge >= 0.3 is 5.97 Å². The molecule has 0 N–H and O–H groups in total. The average Bonchev–Trinajstić information content (AvgIpc) is 3.30. The van der Waals surface area contributed by atoms with Gasteiger partial charge in [0.05, 0.1) is 42.2 Å². The van der Waals surface area contributed by atoms with Crippen molar-refractivity contribution in [3.8, 4) is 17.2 Å². The number of allylic oxidation sites excluding steroid dienone is 1. The van der Waals surface area contributed by atoms with Gasteiger partial charge < -0.3 is 18.9 Å². The molecule has 1 atom stereocenters. The Morgan fingerprint density at radius 3 is 2.49 bits per heavy atom. The fourth-order valence-corrected chi connectivity index (χ4v) is 5.86. The summed E-state index contributed by atoms with van der Waals surface area (Å²) < 4.78 is 38.4. The zero-order valence-corrected chi connectivity index (χ0v) is 25.1. The van der Waals surface area contributed by atoms with Crippen LogP contribution in [0.15, 0.2) is 87.8 Å². The number of benzene rings is 3. The third kappa shape index (κ3) is 6.24. The lowest BCUT2D eigenvalue weighted by Gasteiger charge is -2.24. The summed E-state index contributed by atoms with van der Waals surface area (Å²) in [5, 5.41) is 0. The molecule has 0 radical (unpaired) electrons. The van der Waals surface area contributed by atoms with Crippen molar-refractivity contribution in [1.29, 1.82) is 0 Å². The van der Waals surface area contributed by atoms with Gasteiger partial charge in [-0.3, -0.25) is 9.36 Å². The zero-order chi connectivity index (χ0) is 30.5. The van der Waals surface area contributed by atoms with Gasteiger partial charge in [-0.25, -0.2) is 14.2 Å². The highest BCUT2D eigenvalue weighted by atomic mass is 32.1. The van der Waals surface area contributed by atoms with Gasteiger partial charge in [0.2, 0.25) is 0 Å². The lowest BCUT2D eigenvalue weighted by atomic mass is 9.96. The molecule has 1 aliphatic rings. The van der Waals surface area contributed by atoms with E-state index in [1.54, 1.807) is 75.6 Å². The molecule has 0 saturated heterocycles. The predicted octanol–water partition coefficient (Wildman–Crippen LogP) is 4.92. The number of thiazole rings is 1. The second kappa shape index (κ2) is 13.1. The van der Waals surface area contributed by atoms with Crippen molar-refractivity contribution in [2.45, 2.75) is 33.4 Å². The summed E-state index contributed by atoms with van der Waals surface area (Å²) in [6.45, 7) is 5.95. The van der Waals surface area contributed by atoms with E-state index >= 15 is 0 Å². The summed E-state index contributed by atoms with van der Waals surface area (Å²) in [6, 6.07) is 18.2. The van der Waals surface area contributed by atoms with Crippen LogP contribution in [-0.2, 0) is 16.1 Å². The van der Waals surface area contributed by atoms with Crippen molar-refractivity contribution in [3.63, 3.8) is 0 Å². The van der Waals surface area contributed by atoms with Crippen LogP contribution in [0.25, 0.3) is 6.08 Å². The molecular weight excluding hydrogens is 571 g/mol. The minimum absolute atomic E-state index is 0.0399. The Kier molecular flexibility index (Phi) is 9.06. The Balaban J connectivity index is 1.56. The number of carbonyl (C=O) groups is 1. The number of methoxy groups -OCH3 is 1. The van der Waals surface area contributed by atoms with Gasteiger partial charge in [-0.15, -0.1) is 0 Å². The van der Waals surface area contributed by atoms with Crippen LogP contribution in [0, 0.1) is 5.82 Å². The molecule has 3 aromatic carbocycles. The van der Waals surface area contributed by atoms with E-state index in [-0.39, 0.29) is 24.6 Å². The lowest BCUT2D eigenvalue weighted by molar-refractivity contribution is -0.139. The monoisotopic (exact) mass is 602 g/mol. The summed E-state index contributed by atoms with van der Waals surface area (Å²) in [7, 11) is 1.57. The van der Waals surface area contributed by atoms with Crippen LogP contribution in [-0.4, -0.2) is 30.9 Å². The smallest absolute Gasteiger partial charge is 0.338 e. The molecule has 0 bridgehead atoms. The second-order valence-corrected chi connectivity index (χ2v) is 10.6. The maximum absolute atomic E-state index is 14.1. The van der Waals surface area contributed by atoms with Crippen LogP contribution in [0.3, 0.4) is 0 Å². The van der Waals surface area contributed by atoms with Crippen LogP contribution in [0.1, 0.15) is 43.5 Å². The lowest BCUT2D eigenvalue weighted by Crippen LogP contribution is -2.39. The summed E-state index contributed by atoms with van der Waals surface area (Å²) in [4.78, 5) is 32.1. The first kappa shape index (κ1) is 29.8. The molecule has 10 heteroatoms. The number of fused-ring (bicyclic) bond motifs is 1. The number of rotatable bonds is 10. The van der Waals surface area contributed by atoms with Gasteiger partial charge in [0.1, 0.15) is 18.2 Å². The fraction of sp³-hybridized carbons (Fsp3) is 0.242. The summed E-state index contributed by atoms with van der Waals surface area (Å²) >= 11 is 1.23. The van der Waals surface area contributed by atoms with Crippen molar-refractivity contribution in [3.05, 3.63) is 120 Å². The summed E-state index contributed by atoms with van der Waals surface area (Å²) in [5.74, 6) is 0.712. The van der Waals surface area contributed by atoms with Gasteiger partial charge in [-0.1, -0.05) is 47.7 Å². The molecule has 0 amide bonds. The number of esters is 1. The van der Waals surface area contributed by atoms with E-state index in [4.69, 9.17) is 18.9 Å². The Labute approximate surface area is 252 Å². The van der Waals surface area contributed by atoms with E-state index in [0.29, 0.717) is 55.6 Å². The van der Waals surface area contributed by atoms with Crippen molar-refractivity contribution >= 4 is 23.4 Å². The standard InChI is InChI=1S/C33H31FN2O6S/c1-5-40-27-17-21(11-16-26(27)42-19-23-9-7-8-10-25(23)34)18-28-31(37)36-30(22-12-14-24(39-4)15-13-22)29(32(38)41-6-2)20(3)35-33(36)43-28/h7-18,30H,5-6,19H2,1-4H3. The summed E-state index contributed by atoms with van der Waals surface area (Å²) in [5.41, 5.74) is 2.36. The molecule has 0 saturated carbocycles. The number of halogens is 1. The zero-order valence-electron chi connectivity index (χ0n) is 24.3. The topological polar surface area (TPSA) is 88.4 Å². The van der Waals surface area contributed by atoms with Crippen LogP contribution in [0.5, 0.6) is 17.2 Å². The number of hydrogen-bond donors (Lipinski definition) is 0. The molecule has 2 heterocycles. The van der Waals surface area contributed by atoms with Crippen molar-refractivity contribution in [1.82, 2.24) is 4.57 Å². The highest BCUT2D eigenvalue weighted by Gasteiger charge is 2.33. The molecule has 1 aliphatic heterocycles. The highest BCUT2D eigenvalue weighted by Crippen LogP contribution is 2.32. The van der Waals surface area contributed by atoms with Gasteiger partial charge in [-0.05, 0) is 68.3 Å². The molecule has 0 spiro atoms.